The van der Waals surface area contributed by atoms with Gasteiger partial charge in [0, 0.05) is 24.5 Å². The number of thiazole rings is 1. The summed E-state index contributed by atoms with van der Waals surface area (Å²) in [5.74, 6) is 0.554. The van der Waals surface area contributed by atoms with E-state index < -0.39 is 0 Å². The van der Waals surface area contributed by atoms with Crippen molar-refractivity contribution in [1.29, 1.82) is 0 Å². The van der Waals surface area contributed by atoms with Crippen LogP contribution in [0.15, 0.2) is 0 Å². The summed E-state index contributed by atoms with van der Waals surface area (Å²) in [6.07, 6.45) is 3.64. The molecule has 3 nitrogen and oxygen atoms in total. The van der Waals surface area contributed by atoms with E-state index in [1.54, 1.807) is 0 Å². The van der Waals surface area contributed by atoms with E-state index in [0.29, 0.717) is 5.92 Å². The van der Waals surface area contributed by atoms with Crippen molar-refractivity contribution in [2.24, 2.45) is 0 Å². The molecule has 1 rings (SSSR count). The third kappa shape index (κ3) is 4.46. The molecule has 0 aliphatic carbocycles. The van der Waals surface area contributed by atoms with Crippen molar-refractivity contribution in [3.05, 3.63) is 10.6 Å². The molecule has 0 radical (unpaired) electrons. The summed E-state index contributed by atoms with van der Waals surface area (Å²) in [5, 5.41) is 4.47. The molecule has 1 atom stereocenters. The normalized spacial score (nSPS) is 12.7. The highest BCUT2D eigenvalue weighted by Crippen LogP contribution is 2.32. The minimum Gasteiger partial charge on any atom is -0.348 e. The van der Waals surface area contributed by atoms with E-state index in [9.17, 15) is 0 Å². The molecule has 1 N–H and O–H groups in total. The molecule has 1 heterocycles. The summed E-state index contributed by atoms with van der Waals surface area (Å²) in [7, 11) is 2.01. The first-order chi connectivity index (χ1) is 9.17. The van der Waals surface area contributed by atoms with Gasteiger partial charge in [-0.2, -0.15) is 0 Å². The van der Waals surface area contributed by atoms with Gasteiger partial charge in [0.15, 0.2) is 5.13 Å². The average molecular weight is 283 g/mol. The predicted octanol–water partition coefficient (Wildman–Crippen LogP) is 4.00. The number of nitrogens with one attached hydrogen (secondary N) is 1. The van der Waals surface area contributed by atoms with Crippen LogP contribution in [-0.4, -0.2) is 25.1 Å². The summed E-state index contributed by atoms with van der Waals surface area (Å²) in [6, 6.07) is 0. The molecule has 4 heteroatoms. The second-order valence-corrected chi connectivity index (χ2v) is 6.14. The fourth-order valence-corrected chi connectivity index (χ4v) is 3.37. The molecule has 0 aliphatic rings. The number of anilines is 1. The van der Waals surface area contributed by atoms with Crippen LogP contribution in [0.5, 0.6) is 0 Å². The standard InChI is InChI=1S/C15H29N3S/c1-6-9-10-18(8-3)15-17-14(12(4)7-2)13(19-15)11-16-5/h12,16H,6-11H2,1-5H3. The van der Waals surface area contributed by atoms with E-state index in [1.165, 1.54) is 28.5 Å². The maximum absolute atomic E-state index is 4.93. The molecule has 19 heavy (non-hydrogen) atoms. The Labute approximate surface area is 122 Å². The molecule has 1 aromatic heterocycles. The third-order valence-electron chi connectivity index (χ3n) is 3.57. The first-order valence-electron chi connectivity index (χ1n) is 7.56. The minimum atomic E-state index is 0.554. The van der Waals surface area contributed by atoms with Gasteiger partial charge in [-0.25, -0.2) is 4.98 Å². The quantitative estimate of drug-likeness (QED) is 0.742. The van der Waals surface area contributed by atoms with Crippen molar-refractivity contribution in [2.45, 2.75) is 59.4 Å². The van der Waals surface area contributed by atoms with Gasteiger partial charge in [0.25, 0.3) is 0 Å². The Kier molecular flexibility index (Phi) is 7.39. The summed E-state index contributed by atoms with van der Waals surface area (Å²) in [5.41, 5.74) is 1.30. The van der Waals surface area contributed by atoms with Crippen molar-refractivity contribution < 1.29 is 0 Å². The van der Waals surface area contributed by atoms with E-state index in [-0.39, 0.29) is 0 Å². The van der Waals surface area contributed by atoms with Crippen LogP contribution in [0.4, 0.5) is 5.13 Å². The van der Waals surface area contributed by atoms with E-state index in [1.807, 2.05) is 18.4 Å². The summed E-state index contributed by atoms with van der Waals surface area (Å²) in [4.78, 5) is 8.75. The molecule has 0 bridgehead atoms. The van der Waals surface area contributed by atoms with Gasteiger partial charge in [0.1, 0.15) is 0 Å². The molecule has 110 valence electrons. The predicted molar refractivity (Wildman–Crippen MR) is 86.4 cm³/mol. The van der Waals surface area contributed by atoms with Gasteiger partial charge in [-0.3, -0.25) is 0 Å². The SMILES string of the molecule is CCCCN(CC)c1nc(C(C)CC)c(CNC)s1. The zero-order valence-electron chi connectivity index (χ0n) is 13.1. The highest BCUT2D eigenvalue weighted by molar-refractivity contribution is 7.15. The third-order valence-corrected chi connectivity index (χ3v) is 4.70. The molecular weight excluding hydrogens is 254 g/mol. The van der Waals surface area contributed by atoms with Crippen molar-refractivity contribution >= 4 is 16.5 Å². The van der Waals surface area contributed by atoms with Crippen molar-refractivity contribution in [3.8, 4) is 0 Å². The molecule has 0 saturated carbocycles. The van der Waals surface area contributed by atoms with Gasteiger partial charge < -0.3 is 10.2 Å². The fraction of sp³-hybridized carbons (Fsp3) is 0.800. The lowest BCUT2D eigenvalue weighted by molar-refractivity contribution is 0.686. The number of hydrogen-bond donors (Lipinski definition) is 1. The van der Waals surface area contributed by atoms with E-state index >= 15 is 0 Å². The Morgan fingerprint density at radius 3 is 2.58 bits per heavy atom. The fourth-order valence-electron chi connectivity index (χ4n) is 2.09. The Morgan fingerprint density at radius 2 is 2.05 bits per heavy atom. The van der Waals surface area contributed by atoms with E-state index in [4.69, 9.17) is 4.98 Å². The Morgan fingerprint density at radius 1 is 1.32 bits per heavy atom. The van der Waals surface area contributed by atoms with Crippen molar-refractivity contribution in [3.63, 3.8) is 0 Å². The van der Waals surface area contributed by atoms with Crippen LogP contribution in [-0.2, 0) is 6.54 Å². The molecular formula is C15H29N3S. The molecule has 0 saturated heterocycles. The van der Waals surface area contributed by atoms with Crippen LogP contribution in [0.25, 0.3) is 0 Å². The van der Waals surface area contributed by atoms with Crippen LogP contribution in [0.2, 0.25) is 0 Å². The van der Waals surface area contributed by atoms with Crippen LogP contribution in [0, 0.1) is 0 Å². The van der Waals surface area contributed by atoms with Crippen LogP contribution in [0.1, 0.15) is 63.4 Å². The minimum absolute atomic E-state index is 0.554. The highest BCUT2D eigenvalue weighted by atomic mass is 32.1. The molecule has 1 unspecified atom stereocenters. The van der Waals surface area contributed by atoms with Crippen molar-refractivity contribution in [2.75, 3.05) is 25.0 Å². The zero-order chi connectivity index (χ0) is 14.3. The van der Waals surface area contributed by atoms with Crippen molar-refractivity contribution in [1.82, 2.24) is 10.3 Å². The summed E-state index contributed by atoms with van der Waals surface area (Å²) in [6.45, 7) is 12.1. The van der Waals surface area contributed by atoms with Gasteiger partial charge in [0.05, 0.1) is 5.69 Å². The topological polar surface area (TPSA) is 28.2 Å². The highest BCUT2D eigenvalue weighted by Gasteiger charge is 2.18. The first-order valence-corrected chi connectivity index (χ1v) is 8.38. The van der Waals surface area contributed by atoms with Gasteiger partial charge in [-0.05, 0) is 32.7 Å². The van der Waals surface area contributed by atoms with Gasteiger partial charge in [-0.15, -0.1) is 11.3 Å². The smallest absolute Gasteiger partial charge is 0.185 e. The summed E-state index contributed by atoms with van der Waals surface area (Å²) < 4.78 is 0. The molecule has 0 fully saturated rings. The molecule has 0 spiro atoms. The Hall–Kier alpha value is -0.610. The van der Waals surface area contributed by atoms with E-state index in [0.717, 1.165) is 26.1 Å². The molecule has 0 amide bonds. The second kappa shape index (κ2) is 8.54. The van der Waals surface area contributed by atoms with E-state index in [2.05, 4.69) is 37.9 Å². The lowest BCUT2D eigenvalue weighted by Gasteiger charge is -2.19. The van der Waals surface area contributed by atoms with Gasteiger partial charge >= 0.3 is 0 Å². The largest absolute Gasteiger partial charge is 0.348 e. The number of hydrogen-bond acceptors (Lipinski definition) is 4. The average Bonchev–Trinajstić information content (AvgIpc) is 2.83. The second-order valence-electron chi connectivity index (χ2n) is 5.08. The zero-order valence-corrected chi connectivity index (χ0v) is 13.9. The number of aromatic nitrogens is 1. The number of nitrogens with zero attached hydrogens (tertiary/aromatic N) is 2. The lowest BCUT2D eigenvalue weighted by atomic mass is 10.0. The van der Waals surface area contributed by atoms with Crippen LogP contribution in [0.3, 0.4) is 0 Å². The maximum Gasteiger partial charge on any atom is 0.185 e. The van der Waals surface area contributed by atoms with Gasteiger partial charge in [-0.1, -0.05) is 27.2 Å². The maximum atomic E-state index is 4.93. The van der Waals surface area contributed by atoms with Crippen LogP contribution >= 0.6 is 11.3 Å². The monoisotopic (exact) mass is 283 g/mol. The molecule has 1 aromatic rings. The van der Waals surface area contributed by atoms with Crippen LogP contribution < -0.4 is 10.2 Å². The number of unbranched alkanes of at least 4 members (excludes halogenated alkanes) is 1. The van der Waals surface area contributed by atoms with Gasteiger partial charge in [0.2, 0.25) is 0 Å². The Balaban J connectivity index is 2.94. The Bertz CT molecular complexity index is 362. The lowest BCUT2D eigenvalue weighted by Crippen LogP contribution is -2.23. The number of rotatable bonds is 9. The first kappa shape index (κ1) is 16.4. The molecule has 0 aromatic carbocycles. The molecule has 0 aliphatic heterocycles. The summed E-state index contributed by atoms with van der Waals surface area (Å²) >= 11 is 1.86.